The number of hydrogen-bond donors (Lipinski definition) is 1. The van der Waals surface area contributed by atoms with Gasteiger partial charge in [-0.05, 0) is 79.2 Å². The van der Waals surface area contributed by atoms with Crippen molar-refractivity contribution in [3.05, 3.63) is 64.2 Å². The van der Waals surface area contributed by atoms with E-state index < -0.39 is 0 Å². The second kappa shape index (κ2) is 10.9. The molecule has 0 radical (unpaired) electrons. The van der Waals surface area contributed by atoms with Gasteiger partial charge in [-0.3, -0.25) is 0 Å². The van der Waals surface area contributed by atoms with Crippen LogP contribution in [0.2, 0.25) is 5.02 Å². The molecule has 3 rings (SSSR count). The Hall–Kier alpha value is -1.12. The van der Waals surface area contributed by atoms with Crippen LogP contribution in [0.3, 0.4) is 0 Å². The number of ether oxygens (including phenoxy) is 1. The van der Waals surface area contributed by atoms with Gasteiger partial charge in [-0.1, -0.05) is 55.6 Å². The van der Waals surface area contributed by atoms with Crippen LogP contribution in [0.25, 0.3) is 0 Å². The van der Waals surface area contributed by atoms with E-state index in [-0.39, 0.29) is 0 Å². The molecular formula is C23H31ClOS. The maximum Gasteiger partial charge on any atom is 0.119 e. The molecule has 0 heterocycles. The van der Waals surface area contributed by atoms with Crippen LogP contribution >= 0.6 is 24.2 Å². The van der Waals surface area contributed by atoms with Crippen LogP contribution in [0.5, 0.6) is 5.75 Å². The lowest BCUT2D eigenvalue weighted by molar-refractivity contribution is 0.340. The van der Waals surface area contributed by atoms with E-state index in [0.29, 0.717) is 12.5 Å². The number of rotatable bonds is 5. The Kier molecular flexibility index (Phi) is 8.87. The van der Waals surface area contributed by atoms with E-state index in [0.717, 1.165) is 23.1 Å². The van der Waals surface area contributed by atoms with Crippen LogP contribution in [0.1, 0.15) is 62.1 Å². The van der Waals surface area contributed by atoms with E-state index in [1.807, 2.05) is 19.1 Å². The quantitative estimate of drug-likeness (QED) is 0.532. The van der Waals surface area contributed by atoms with Gasteiger partial charge in [0.2, 0.25) is 0 Å². The van der Waals surface area contributed by atoms with Gasteiger partial charge in [-0.25, -0.2) is 0 Å². The van der Waals surface area contributed by atoms with Crippen molar-refractivity contribution < 1.29 is 4.74 Å². The number of hydrogen-bond acceptors (Lipinski definition) is 2. The fourth-order valence-electron chi connectivity index (χ4n) is 3.67. The molecule has 0 atom stereocenters. The lowest BCUT2D eigenvalue weighted by Crippen LogP contribution is -2.11. The fourth-order valence-corrected chi connectivity index (χ4v) is 3.85. The van der Waals surface area contributed by atoms with Gasteiger partial charge in [0, 0.05) is 5.02 Å². The highest BCUT2D eigenvalue weighted by Crippen LogP contribution is 2.37. The van der Waals surface area contributed by atoms with Crippen LogP contribution in [0, 0.1) is 5.92 Å². The third-order valence-corrected chi connectivity index (χ3v) is 5.55. The molecule has 1 aliphatic rings. The summed E-state index contributed by atoms with van der Waals surface area (Å²) in [6, 6.07) is 15.0. The maximum atomic E-state index is 6.46. The zero-order valence-electron chi connectivity index (χ0n) is 16.2. The minimum absolute atomic E-state index is 0.702. The summed E-state index contributed by atoms with van der Waals surface area (Å²) in [6.07, 6.45) is 7.89. The summed E-state index contributed by atoms with van der Waals surface area (Å²) in [5, 5.41) is 0.872. The molecule has 1 saturated carbocycles. The summed E-state index contributed by atoms with van der Waals surface area (Å²) in [5.41, 5.74) is 3.97. The molecule has 3 heteroatoms. The summed E-state index contributed by atoms with van der Waals surface area (Å²) in [5.74, 6) is 2.52. The topological polar surface area (TPSA) is 9.23 Å². The van der Waals surface area contributed by atoms with Gasteiger partial charge < -0.3 is 4.74 Å². The highest BCUT2D eigenvalue weighted by Gasteiger charge is 2.20. The molecule has 142 valence electrons. The molecule has 0 spiro atoms. The third kappa shape index (κ3) is 5.96. The van der Waals surface area contributed by atoms with Gasteiger partial charge in [0.05, 0.1) is 6.61 Å². The number of halogens is 1. The molecule has 0 aliphatic heterocycles. The van der Waals surface area contributed by atoms with Crippen molar-refractivity contribution in [2.45, 2.75) is 51.9 Å². The fraction of sp³-hybridized carbons (Fsp3) is 0.478. The molecule has 0 aromatic heterocycles. The summed E-state index contributed by atoms with van der Waals surface area (Å²) in [4.78, 5) is 0. The van der Waals surface area contributed by atoms with Crippen LogP contribution < -0.4 is 4.74 Å². The Morgan fingerprint density at radius 3 is 2.27 bits per heavy atom. The van der Waals surface area contributed by atoms with Crippen LogP contribution in [0.15, 0.2) is 42.5 Å². The largest absolute Gasteiger partial charge is 0.494 e. The predicted octanol–water partition coefficient (Wildman–Crippen LogP) is 7.17. The first-order chi connectivity index (χ1) is 12.7. The summed E-state index contributed by atoms with van der Waals surface area (Å²) in [6.45, 7) is 5.08. The molecule has 1 fully saturated rings. The monoisotopic (exact) mass is 390 g/mol. The molecule has 2 aromatic carbocycles. The molecule has 0 unspecified atom stereocenters. The van der Waals surface area contributed by atoms with Gasteiger partial charge >= 0.3 is 0 Å². The summed E-state index contributed by atoms with van der Waals surface area (Å²) in [7, 11) is 0. The second-order valence-corrected chi connectivity index (χ2v) is 7.47. The second-order valence-electron chi connectivity index (χ2n) is 7.06. The molecule has 0 N–H and O–H groups in total. The standard InChI is InChI=1S/C22H27ClO.CH4S/c1-3-24-21-11-6-17(7-12-21)14-20-15-19(10-13-22(20)23)18-8-4-16(2)5-9-18;1-2/h6-7,10-13,15-16,18H,3-5,8-9,14H2,1-2H3;2H,1H3. The van der Waals surface area contributed by atoms with Crippen molar-refractivity contribution in [1.29, 1.82) is 0 Å². The van der Waals surface area contributed by atoms with E-state index in [4.69, 9.17) is 16.3 Å². The molecule has 0 bridgehead atoms. The van der Waals surface area contributed by atoms with E-state index in [2.05, 4.69) is 49.9 Å². The van der Waals surface area contributed by atoms with Gasteiger partial charge in [-0.2, -0.15) is 12.6 Å². The molecular weight excluding hydrogens is 360 g/mol. The average Bonchev–Trinajstić information content (AvgIpc) is 2.68. The Labute approximate surface area is 169 Å². The smallest absolute Gasteiger partial charge is 0.119 e. The van der Waals surface area contributed by atoms with Crippen molar-refractivity contribution in [1.82, 2.24) is 0 Å². The zero-order valence-corrected chi connectivity index (χ0v) is 17.8. The number of thiol groups is 1. The SMILES string of the molecule is CCOc1ccc(Cc2cc(C3CCC(C)CC3)ccc2Cl)cc1.CS. The maximum absolute atomic E-state index is 6.46. The highest BCUT2D eigenvalue weighted by atomic mass is 35.5. The van der Waals surface area contributed by atoms with E-state index in [9.17, 15) is 0 Å². The van der Waals surface area contributed by atoms with E-state index in [1.54, 1.807) is 6.26 Å². The first-order valence-corrected chi connectivity index (χ1v) is 10.9. The summed E-state index contributed by atoms with van der Waals surface area (Å²) < 4.78 is 5.52. The lowest BCUT2D eigenvalue weighted by Gasteiger charge is -2.27. The molecule has 1 aliphatic carbocycles. The Balaban J connectivity index is 0.00000117. The Morgan fingerprint density at radius 1 is 1.00 bits per heavy atom. The summed E-state index contributed by atoms with van der Waals surface area (Å²) >= 11 is 9.99. The minimum Gasteiger partial charge on any atom is -0.494 e. The lowest BCUT2D eigenvalue weighted by atomic mass is 9.79. The van der Waals surface area contributed by atoms with Gasteiger partial charge in [0.15, 0.2) is 0 Å². The predicted molar refractivity (Wildman–Crippen MR) is 117 cm³/mol. The van der Waals surface area contributed by atoms with Crippen molar-refractivity contribution >= 4 is 24.2 Å². The zero-order chi connectivity index (χ0) is 18.9. The third-order valence-electron chi connectivity index (χ3n) is 5.19. The van der Waals surface area contributed by atoms with Gasteiger partial charge in [0.1, 0.15) is 5.75 Å². The first kappa shape index (κ1) is 21.2. The molecule has 1 nitrogen and oxygen atoms in total. The van der Waals surface area contributed by atoms with Gasteiger partial charge in [0.25, 0.3) is 0 Å². The molecule has 0 saturated heterocycles. The minimum atomic E-state index is 0.702. The first-order valence-electron chi connectivity index (χ1n) is 9.60. The van der Waals surface area contributed by atoms with Crippen LogP contribution in [0.4, 0.5) is 0 Å². The van der Waals surface area contributed by atoms with Crippen molar-refractivity contribution in [2.75, 3.05) is 12.9 Å². The Bertz CT molecular complexity index is 660. The van der Waals surface area contributed by atoms with Crippen molar-refractivity contribution in [3.8, 4) is 5.75 Å². The normalized spacial score (nSPS) is 19.4. The van der Waals surface area contributed by atoms with E-state index in [1.165, 1.54) is 42.4 Å². The van der Waals surface area contributed by atoms with Crippen molar-refractivity contribution in [3.63, 3.8) is 0 Å². The van der Waals surface area contributed by atoms with Crippen LogP contribution in [-0.2, 0) is 6.42 Å². The van der Waals surface area contributed by atoms with Gasteiger partial charge in [-0.15, -0.1) is 0 Å². The highest BCUT2D eigenvalue weighted by molar-refractivity contribution is 7.79. The van der Waals surface area contributed by atoms with Crippen LogP contribution in [-0.4, -0.2) is 12.9 Å². The Morgan fingerprint density at radius 2 is 1.65 bits per heavy atom. The molecule has 26 heavy (non-hydrogen) atoms. The average molecular weight is 391 g/mol. The van der Waals surface area contributed by atoms with E-state index >= 15 is 0 Å². The number of benzene rings is 2. The van der Waals surface area contributed by atoms with Crippen molar-refractivity contribution in [2.24, 2.45) is 5.92 Å². The molecule has 0 amide bonds. The molecule has 2 aromatic rings.